The van der Waals surface area contributed by atoms with Crippen molar-refractivity contribution in [3.05, 3.63) is 89.1 Å². The van der Waals surface area contributed by atoms with Crippen molar-refractivity contribution in [2.45, 2.75) is 25.0 Å². The summed E-state index contributed by atoms with van der Waals surface area (Å²) in [5, 5.41) is 11.9. The molecule has 6 rings (SSSR count). The van der Waals surface area contributed by atoms with Gasteiger partial charge >= 0.3 is 5.97 Å². The van der Waals surface area contributed by atoms with Crippen LogP contribution >= 0.6 is 0 Å². The van der Waals surface area contributed by atoms with Crippen molar-refractivity contribution >= 4 is 27.9 Å². The molecule has 3 heterocycles. The Morgan fingerprint density at radius 1 is 1.11 bits per heavy atom. The highest BCUT2D eigenvalue weighted by atomic mass is 16.5. The fourth-order valence-corrected chi connectivity index (χ4v) is 5.22. The summed E-state index contributed by atoms with van der Waals surface area (Å²) >= 11 is 0. The van der Waals surface area contributed by atoms with Crippen molar-refractivity contribution in [2.24, 2.45) is 0 Å². The number of fused-ring (bicyclic) bond motifs is 4. The van der Waals surface area contributed by atoms with E-state index in [1.807, 2.05) is 47.1 Å². The number of aromatic amines is 1. The number of carbonyl (C=O) groups is 1. The number of benzene rings is 3. The van der Waals surface area contributed by atoms with Crippen LogP contribution in [0.15, 0.2) is 66.7 Å². The molecule has 3 aromatic carbocycles. The molecule has 1 aliphatic rings. The number of hydrogen-bond donors (Lipinski definition) is 2. The van der Waals surface area contributed by atoms with E-state index in [9.17, 15) is 4.79 Å². The van der Waals surface area contributed by atoms with Gasteiger partial charge in [-0.25, -0.2) is 9.48 Å². The molecular formula is C27H26N5O3+. The second-order valence-corrected chi connectivity index (χ2v) is 8.87. The normalized spacial score (nSPS) is 17.4. The molecular weight excluding hydrogens is 442 g/mol. The van der Waals surface area contributed by atoms with Crippen LogP contribution in [0.2, 0.25) is 0 Å². The van der Waals surface area contributed by atoms with Crippen LogP contribution in [0.5, 0.6) is 5.75 Å². The predicted octanol–water partition coefficient (Wildman–Crippen LogP) is 2.72. The number of rotatable bonds is 5. The molecule has 8 heteroatoms. The van der Waals surface area contributed by atoms with Crippen molar-refractivity contribution in [3.63, 3.8) is 0 Å². The van der Waals surface area contributed by atoms with Gasteiger partial charge in [-0.1, -0.05) is 35.5 Å². The van der Waals surface area contributed by atoms with Crippen LogP contribution in [0.4, 0.5) is 0 Å². The Hall–Kier alpha value is -4.17. The van der Waals surface area contributed by atoms with E-state index in [2.05, 4.69) is 44.9 Å². The number of hydrogen-bond acceptors (Lipinski definition) is 5. The van der Waals surface area contributed by atoms with E-state index in [-0.39, 0.29) is 18.1 Å². The zero-order valence-electron chi connectivity index (χ0n) is 19.6. The van der Waals surface area contributed by atoms with Crippen LogP contribution in [0, 0.1) is 0 Å². The number of nitrogens with zero attached hydrogens (tertiary/aromatic N) is 3. The SMILES string of the molecule is COC(=O)[C@H]1Cc2c([nH]c3ccccc23)[C@H](c2ccc(OC)c(Cn3nnc4ccccc43)c2)[NH2+]1. The molecule has 1 aliphatic heterocycles. The Labute approximate surface area is 201 Å². The lowest BCUT2D eigenvalue weighted by molar-refractivity contribution is -0.712. The minimum absolute atomic E-state index is 0.0904. The standard InChI is InChI=1S/C27H25N5O3/c1-34-24-12-11-16(13-17(24)15-32-23-10-6-5-9-21(23)30-31-32)25-26-19(14-22(29-25)27(33)35-2)18-7-3-4-8-20(18)28-26/h3-13,22,25,28-29H,14-15H2,1-2H3/p+1/t22-,25+/m1/s1. The van der Waals surface area contributed by atoms with Crippen LogP contribution in [0.3, 0.4) is 0 Å². The van der Waals surface area contributed by atoms with E-state index in [1.165, 1.54) is 12.7 Å². The molecule has 3 N–H and O–H groups in total. The quantitative estimate of drug-likeness (QED) is 0.387. The van der Waals surface area contributed by atoms with Gasteiger partial charge in [-0.15, -0.1) is 5.10 Å². The summed E-state index contributed by atoms with van der Waals surface area (Å²) in [5.74, 6) is 0.569. The molecule has 0 saturated carbocycles. The van der Waals surface area contributed by atoms with Gasteiger partial charge in [0.1, 0.15) is 11.3 Å². The molecule has 35 heavy (non-hydrogen) atoms. The Morgan fingerprint density at radius 3 is 2.80 bits per heavy atom. The number of methoxy groups -OCH3 is 2. The van der Waals surface area contributed by atoms with Gasteiger partial charge in [0, 0.05) is 28.5 Å². The lowest BCUT2D eigenvalue weighted by Gasteiger charge is -2.27. The summed E-state index contributed by atoms with van der Waals surface area (Å²) in [4.78, 5) is 16.2. The first kappa shape index (κ1) is 21.4. The maximum atomic E-state index is 12.6. The number of H-pyrrole nitrogens is 1. The number of carbonyl (C=O) groups excluding carboxylic acids is 1. The molecule has 0 fully saturated rings. The van der Waals surface area contributed by atoms with Gasteiger partial charge in [-0.2, -0.15) is 0 Å². The van der Waals surface area contributed by atoms with Gasteiger partial charge in [-0.3, -0.25) is 0 Å². The van der Waals surface area contributed by atoms with Gasteiger partial charge in [0.05, 0.1) is 32.0 Å². The Morgan fingerprint density at radius 2 is 1.94 bits per heavy atom. The van der Waals surface area contributed by atoms with Gasteiger partial charge in [0.25, 0.3) is 0 Å². The van der Waals surface area contributed by atoms with Crippen LogP contribution in [-0.2, 0) is 22.5 Å². The van der Waals surface area contributed by atoms with Crippen LogP contribution in [0.25, 0.3) is 21.9 Å². The summed E-state index contributed by atoms with van der Waals surface area (Å²) in [6, 6.07) is 21.9. The second kappa shape index (κ2) is 8.56. The smallest absolute Gasteiger partial charge is 0.364 e. The van der Waals surface area contributed by atoms with Crippen molar-refractivity contribution in [3.8, 4) is 5.75 Å². The van der Waals surface area contributed by atoms with Crippen molar-refractivity contribution in [2.75, 3.05) is 14.2 Å². The second-order valence-electron chi connectivity index (χ2n) is 8.87. The molecule has 0 aliphatic carbocycles. The maximum absolute atomic E-state index is 12.6. The van der Waals surface area contributed by atoms with Crippen LogP contribution in [0.1, 0.15) is 28.4 Å². The number of nitrogens with one attached hydrogen (secondary N) is 1. The zero-order chi connectivity index (χ0) is 23.9. The topological polar surface area (TPSA) is 98.6 Å². The lowest BCUT2D eigenvalue weighted by Crippen LogP contribution is -2.94. The number of aromatic nitrogens is 4. The number of nitrogens with two attached hydrogens (primary N) is 1. The molecule has 0 saturated heterocycles. The van der Waals surface area contributed by atoms with Crippen molar-refractivity contribution in [1.29, 1.82) is 0 Å². The monoisotopic (exact) mass is 468 g/mol. The number of ether oxygens (including phenoxy) is 2. The molecule has 2 atom stereocenters. The molecule has 8 nitrogen and oxygen atoms in total. The first-order valence-corrected chi connectivity index (χ1v) is 11.6. The molecule has 0 bridgehead atoms. The average molecular weight is 469 g/mol. The lowest BCUT2D eigenvalue weighted by atomic mass is 9.89. The third-order valence-electron chi connectivity index (χ3n) is 6.91. The average Bonchev–Trinajstić information content (AvgIpc) is 3.49. The van der Waals surface area contributed by atoms with E-state index < -0.39 is 0 Å². The number of esters is 1. The van der Waals surface area contributed by atoms with Crippen LogP contribution in [-0.4, -0.2) is 46.2 Å². The molecule has 0 amide bonds. The largest absolute Gasteiger partial charge is 0.496 e. The summed E-state index contributed by atoms with van der Waals surface area (Å²) < 4.78 is 12.7. The summed E-state index contributed by atoms with van der Waals surface area (Å²) in [5.41, 5.74) is 7.25. The van der Waals surface area contributed by atoms with E-state index in [1.54, 1.807) is 7.11 Å². The summed E-state index contributed by atoms with van der Waals surface area (Å²) in [7, 11) is 3.12. The minimum Gasteiger partial charge on any atom is -0.496 e. The summed E-state index contributed by atoms with van der Waals surface area (Å²) in [6.45, 7) is 0.518. The molecule has 2 aromatic heterocycles. The van der Waals surface area contributed by atoms with Gasteiger partial charge < -0.3 is 19.8 Å². The van der Waals surface area contributed by atoms with E-state index in [4.69, 9.17) is 9.47 Å². The first-order valence-electron chi connectivity index (χ1n) is 11.6. The van der Waals surface area contributed by atoms with Gasteiger partial charge in [0.2, 0.25) is 0 Å². The number of para-hydroxylation sites is 2. The van der Waals surface area contributed by atoms with E-state index in [0.717, 1.165) is 44.5 Å². The van der Waals surface area contributed by atoms with E-state index in [0.29, 0.717) is 13.0 Å². The zero-order valence-corrected chi connectivity index (χ0v) is 19.6. The van der Waals surface area contributed by atoms with Gasteiger partial charge in [0.15, 0.2) is 12.1 Å². The molecule has 0 unspecified atom stereocenters. The predicted molar refractivity (Wildman–Crippen MR) is 131 cm³/mol. The Bertz CT molecular complexity index is 1550. The summed E-state index contributed by atoms with van der Waals surface area (Å²) in [6.07, 6.45) is 0.622. The highest BCUT2D eigenvalue weighted by Crippen LogP contribution is 2.34. The highest BCUT2D eigenvalue weighted by Gasteiger charge is 2.38. The fraction of sp³-hybridized carbons (Fsp3) is 0.222. The Balaban J connectivity index is 1.44. The molecule has 5 aromatic rings. The third kappa shape index (κ3) is 3.63. The van der Waals surface area contributed by atoms with Crippen molar-refractivity contribution < 1.29 is 19.6 Å². The van der Waals surface area contributed by atoms with Crippen LogP contribution < -0.4 is 10.1 Å². The highest BCUT2D eigenvalue weighted by molar-refractivity contribution is 5.86. The minimum atomic E-state index is -0.318. The molecule has 176 valence electrons. The Kier molecular flexibility index (Phi) is 5.22. The maximum Gasteiger partial charge on any atom is 0.364 e. The molecule has 0 radical (unpaired) electrons. The fourth-order valence-electron chi connectivity index (χ4n) is 5.22. The van der Waals surface area contributed by atoms with E-state index >= 15 is 0 Å². The molecule has 0 spiro atoms. The van der Waals surface area contributed by atoms with Crippen molar-refractivity contribution in [1.82, 2.24) is 20.0 Å². The van der Waals surface area contributed by atoms with Gasteiger partial charge in [-0.05, 0) is 42.0 Å². The first-order chi connectivity index (χ1) is 17.2. The number of quaternary nitrogens is 1. The third-order valence-corrected chi connectivity index (χ3v) is 6.91.